The fraction of sp³-hybridized carbons (Fsp3) is 0.263. The molecule has 1 unspecified atom stereocenters. The van der Waals surface area contributed by atoms with E-state index in [0.717, 1.165) is 6.07 Å². The molecular weight excluding hydrogens is 426 g/mol. The van der Waals surface area contributed by atoms with Gasteiger partial charge in [-0.05, 0) is 36.8 Å². The lowest BCUT2D eigenvalue weighted by Crippen LogP contribution is -2.27. The number of halogens is 3. The predicted octanol–water partition coefficient (Wildman–Crippen LogP) is 3.50. The predicted molar refractivity (Wildman–Crippen MR) is 107 cm³/mol. The smallest absolute Gasteiger partial charge is 0.255 e. The quantitative estimate of drug-likeness (QED) is 0.606. The number of nitrogens with two attached hydrogens (primary N) is 1. The maximum absolute atomic E-state index is 13.8. The minimum absolute atomic E-state index is 0.113. The van der Waals surface area contributed by atoms with Crippen molar-refractivity contribution < 1.29 is 28.2 Å². The summed E-state index contributed by atoms with van der Waals surface area (Å²) in [6.45, 7) is 1.25. The normalized spacial score (nSPS) is 11.5. The molecule has 3 N–H and O–H groups in total. The lowest BCUT2D eigenvalue weighted by molar-refractivity contribution is -0.120. The molecule has 0 aliphatic rings. The van der Waals surface area contributed by atoms with Crippen LogP contribution in [0, 0.1) is 5.82 Å². The molecule has 1 atom stereocenters. The van der Waals surface area contributed by atoms with Crippen molar-refractivity contribution in [3.8, 4) is 17.2 Å². The summed E-state index contributed by atoms with van der Waals surface area (Å²) < 4.78 is 29.5. The fourth-order valence-electron chi connectivity index (χ4n) is 2.52. The first-order valence-electron chi connectivity index (χ1n) is 8.30. The van der Waals surface area contributed by atoms with Crippen LogP contribution in [0.15, 0.2) is 24.3 Å². The van der Waals surface area contributed by atoms with E-state index in [0.29, 0.717) is 5.56 Å². The number of nitrogens with one attached hydrogen (secondary N) is 1. The molecule has 0 saturated carbocycles. The van der Waals surface area contributed by atoms with E-state index < -0.39 is 30.3 Å². The Morgan fingerprint density at radius 1 is 1.10 bits per heavy atom. The number of hydrogen-bond acceptors (Lipinski definition) is 5. The summed E-state index contributed by atoms with van der Waals surface area (Å²) in [6.07, 6.45) is 0. The van der Waals surface area contributed by atoms with Crippen LogP contribution in [0.5, 0.6) is 17.2 Å². The Labute approximate surface area is 176 Å². The van der Waals surface area contributed by atoms with Gasteiger partial charge < -0.3 is 25.3 Å². The summed E-state index contributed by atoms with van der Waals surface area (Å²) >= 11 is 11.8. The zero-order chi connectivity index (χ0) is 21.7. The monoisotopic (exact) mass is 444 g/mol. The van der Waals surface area contributed by atoms with E-state index in [9.17, 15) is 14.0 Å². The largest absolute Gasteiger partial charge is 0.493 e. The maximum Gasteiger partial charge on any atom is 0.255 e. The first-order valence-corrected chi connectivity index (χ1v) is 9.05. The van der Waals surface area contributed by atoms with Crippen LogP contribution in [0.1, 0.15) is 28.9 Å². The number of primary amides is 1. The van der Waals surface area contributed by atoms with Gasteiger partial charge in [-0.3, -0.25) is 9.59 Å². The van der Waals surface area contributed by atoms with Crippen molar-refractivity contribution in [2.45, 2.75) is 13.0 Å². The number of benzene rings is 2. The molecule has 10 heteroatoms. The van der Waals surface area contributed by atoms with Gasteiger partial charge in [0, 0.05) is 10.6 Å². The molecule has 0 aliphatic carbocycles. The molecule has 2 aromatic rings. The highest BCUT2D eigenvalue weighted by Crippen LogP contribution is 2.38. The van der Waals surface area contributed by atoms with Crippen molar-refractivity contribution in [3.63, 3.8) is 0 Å². The van der Waals surface area contributed by atoms with Crippen LogP contribution in [0.4, 0.5) is 4.39 Å². The number of rotatable bonds is 8. The average molecular weight is 445 g/mol. The van der Waals surface area contributed by atoms with Crippen molar-refractivity contribution in [3.05, 3.63) is 51.3 Å². The van der Waals surface area contributed by atoms with Crippen molar-refractivity contribution in [2.75, 3.05) is 20.8 Å². The first-order chi connectivity index (χ1) is 13.7. The van der Waals surface area contributed by atoms with Gasteiger partial charge >= 0.3 is 0 Å². The van der Waals surface area contributed by atoms with Gasteiger partial charge in [0.25, 0.3) is 11.8 Å². The summed E-state index contributed by atoms with van der Waals surface area (Å²) in [5.41, 5.74) is 5.63. The van der Waals surface area contributed by atoms with Gasteiger partial charge in [0.1, 0.15) is 5.82 Å². The van der Waals surface area contributed by atoms with Gasteiger partial charge in [-0.2, -0.15) is 0 Å². The molecule has 2 rings (SSSR count). The van der Waals surface area contributed by atoms with Crippen molar-refractivity contribution in [1.29, 1.82) is 0 Å². The number of carbonyl (C=O) groups is 2. The number of hydrogen-bond donors (Lipinski definition) is 2. The van der Waals surface area contributed by atoms with Crippen molar-refractivity contribution in [1.82, 2.24) is 5.32 Å². The van der Waals surface area contributed by atoms with Gasteiger partial charge in [0.15, 0.2) is 18.1 Å². The summed E-state index contributed by atoms with van der Waals surface area (Å²) in [5, 5.41) is 2.82. The van der Waals surface area contributed by atoms with E-state index in [2.05, 4.69) is 5.32 Å². The Morgan fingerprint density at radius 3 is 2.21 bits per heavy atom. The molecule has 0 spiro atoms. The lowest BCUT2D eigenvalue weighted by atomic mass is 10.1. The van der Waals surface area contributed by atoms with Crippen LogP contribution < -0.4 is 25.3 Å². The van der Waals surface area contributed by atoms with Gasteiger partial charge in [-0.25, -0.2) is 4.39 Å². The Balaban J connectivity index is 2.30. The van der Waals surface area contributed by atoms with Crippen LogP contribution in [-0.2, 0) is 4.79 Å². The molecule has 0 aliphatic heterocycles. The molecular formula is C19H19Cl2FN2O5. The summed E-state index contributed by atoms with van der Waals surface area (Å²) in [5.74, 6) is -1.37. The number of methoxy groups -OCH3 is 2. The maximum atomic E-state index is 13.8. The average Bonchev–Trinajstić information content (AvgIpc) is 2.67. The molecule has 0 heterocycles. The molecule has 2 aromatic carbocycles. The zero-order valence-electron chi connectivity index (χ0n) is 15.8. The SMILES string of the molecule is COc1cc(C(=O)NC(C)c2cc(F)c(Cl)cc2Cl)cc(OC)c1OCC(N)=O. The minimum Gasteiger partial charge on any atom is -0.493 e. The van der Waals surface area contributed by atoms with Gasteiger partial charge in [-0.1, -0.05) is 23.2 Å². The standard InChI is InChI=1S/C19H19Cl2FN2O5/c1-9(11-6-14(22)13(21)7-12(11)20)24-19(26)10-4-15(27-2)18(16(5-10)28-3)29-8-17(23)25/h4-7,9H,8H2,1-3H3,(H2,23,25)(H,24,26). The topological polar surface area (TPSA) is 99.9 Å². The second-order valence-electron chi connectivity index (χ2n) is 5.95. The zero-order valence-corrected chi connectivity index (χ0v) is 17.4. The second kappa shape index (κ2) is 9.67. The first kappa shape index (κ1) is 22.6. The number of ether oxygens (including phenoxy) is 3. The van der Waals surface area contributed by atoms with Gasteiger partial charge in [0.05, 0.1) is 25.3 Å². The molecule has 156 valence electrons. The molecule has 0 saturated heterocycles. The third kappa shape index (κ3) is 5.42. The van der Waals surface area contributed by atoms with Crippen LogP contribution in [-0.4, -0.2) is 32.6 Å². The van der Waals surface area contributed by atoms with E-state index in [4.69, 9.17) is 43.1 Å². The van der Waals surface area contributed by atoms with Gasteiger partial charge in [0.2, 0.25) is 5.75 Å². The van der Waals surface area contributed by atoms with Crippen molar-refractivity contribution in [2.24, 2.45) is 5.73 Å². The molecule has 0 radical (unpaired) electrons. The van der Waals surface area contributed by atoms with Crippen LogP contribution in [0.3, 0.4) is 0 Å². The fourth-order valence-corrected chi connectivity index (χ4v) is 3.07. The van der Waals surface area contributed by atoms with E-state index in [1.165, 1.54) is 32.4 Å². The Hall–Kier alpha value is -2.71. The van der Waals surface area contributed by atoms with Crippen molar-refractivity contribution >= 4 is 35.0 Å². The summed E-state index contributed by atoms with van der Waals surface area (Å²) in [7, 11) is 2.74. The summed E-state index contributed by atoms with van der Waals surface area (Å²) in [4.78, 5) is 23.7. The Kier molecular flexibility index (Phi) is 7.53. The van der Waals surface area contributed by atoms with Crippen LogP contribution in [0.25, 0.3) is 0 Å². The number of carbonyl (C=O) groups excluding carboxylic acids is 2. The third-order valence-corrected chi connectivity index (χ3v) is 4.55. The molecule has 0 bridgehead atoms. The molecule has 7 nitrogen and oxygen atoms in total. The third-order valence-electron chi connectivity index (χ3n) is 3.94. The Bertz CT molecular complexity index is 914. The Morgan fingerprint density at radius 2 is 1.69 bits per heavy atom. The van der Waals surface area contributed by atoms with Gasteiger partial charge in [-0.15, -0.1) is 0 Å². The minimum atomic E-state index is -0.683. The van der Waals surface area contributed by atoms with E-state index >= 15 is 0 Å². The highest BCUT2D eigenvalue weighted by atomic mass is 35.5. The second-order valence-corrected chi connectivity index (χ2v) is 6.76. The highest BCUT2D eigenvalue weighted by Gasteiger charge is 2.21. The van der Waals surface area contributed by atoms with E-state index in [-0.39, 0.29) is 32.9 Å². The molecule has 0 fully saturated rings. The molecule has 2 amide bonds. The number of amides is 2. The molecule has 0 aromatic heterocycles. The van der Waals surface area contributed by atoms with E-state index in [1.807, 2.05) is 0 Å². The lowest BCUT2D eigenvalue weighted by Gasteiger charge is -2.18. The van der Waals surface area contributed by atoms with Crippen LogP contribution >= 0.6 is 23.2 Å². The summed E-state index contributed by atoms with van der Waals surface area (Å²) in [6, 6.07) is 4.63. The molecule has 29 heavy (non-hydrogen) atoms. The van der Waals surface area contributed by atoms with Crippen LogP contribution in [0.2, 0.25) is 10.0 Å². The highest BCUT2D eigenvalue weighted by molar-refractivity contribution is 6.35. The van der Waals surface area contributed by atoms with E-state index in [1.54, 1.807) is 6.92 Å².